The maximum Gasteiger partial charge on any atom is 0.246 e. The maximum atomic E-state index is 14.0. The average molecular weight is 433 g/mol. The Bertz CT molecular complexity index is 1220. The first kappa shape index (κ1) is 20.5. The van der Waals surface area contributed by atoms with Crippen molar-refractivity contribution in [1.82, 2.24) is 13.8 Å². The summed E-state index contributed by atoms with van der Waals surface area (Å²) in [5.74, 6) is -1.93. The highest BCUT2D eigenvalue weighted by atomic mass is 32.2. The molecule has 2 aromatic carbocycles. The fourth-order valence-electron chi connectivity index (χ4n) is 3.79. The van der Waals surface area contributed by atoms with Crippen molar-refractivity contribution in [2.24, 2.45) is 0 Å². The van der Waals surface area contributed by atoms with Gasteiger partial charge in [-0.1, -0.05) is 18.2 Å². The molecule has 9 heteroatoms. The molecule has 1 amide bonds. The highest BCUT2D eigenvalue weighted by Crippen LogP contribution is 2.23. The molecule has 1 aliphatic heterocycles. The molecular formula is C21H21F2N3O3S. The lowest BCUT2D eigenvalue weighted by Gasteiger charge is -2.34. The highest BCUT2D eigenvalue weighted by Gasteiger charge is 2.32. The molecule has 0 unspecified atom stereocenters. The molecule has 1 aromatic heterocycles. The van der Waals surface area contributed by atoms with Crippen molar-refractivity contribution < 1.29 is 22.0 Å². The maximum absolute atomic E-state index is 14.0. The van der Waals surface area contributed by atoms with Crippen LogP contribution < -0.4 is 0 Å². The van der Waals surface area contributed by atoms with Crippen LogP contribution in [-0.2, 0) is 21.4 Å². The summed E-state index contributed by atoms with van der Waals surface area (Å²) in [6, 6.07) is 12.2. The van der Waals surface area contributed by atoms with E-state index in [1.807, 2.05) is 41.8 Å². The van der Waals surface area contributed by atoms with E-state index >= 15 is 0 Å². The van der Waals surface area contributed by atoms with E-state index in [0.29, 0.717) is 6.07 Å². The predicted octanol–water partition coefficient (Wildman–Crippen LogP) is 2.76. The minimum atomic E-state index is -4.17. The Hall–Kier alpha value is -2.78. The first-order valence-electron chi connectivity index (χ1n) is 9.55. The van der Waals surface area contributed by atoms with Gasteiger partial charge in [-0.15, -0.1) is 0 Å². The molecule has 158 valence electrons. The summed E-state index contributed by atoms with van der Waals surface area (Å²) in [7, 11) is -4.17. The Labute approximate surface area is 173 Å². The molecule has 0 atom stereocenters. The number of benzene rings is 2. The highest BCUT2D eigenvalue weighted by molar-refractivity contribution is 7.89. The van der Waals surface area contributed by atoms with Crippen LogP contribution in [0, 0.1) is 18.6 Å². The van der Waals surface area contributed by atoms with Crippen molar-refractivity contribution in [2.75, 3.05) is 26.2 Å². The van der Waals surface area contributed by atoms with Crippen molar-refractivity contribution in [1.29, 1.82) is 0 Å². The van der Waals surface area contributed by atoms with Crippen molar-refractivity contribution in [3.8, 4) is 0 Å². The summed E-state index contributed by atoms with van der Waals surface area (Å²) in [5, 5.41) is 1.05. The van der Waals surface area contributed by atoms with Gasteiger partial charge in [-0.3, -0.25) is 4.79 Å². The van der Waals surface area contributed by atoms with Gasteiger partial charge >= 0.3 is 0 Å². The number of rotatable bonds is 4. The fraction of sp³-hybridized carbons (Fsp3) is 0.286. The molecule has 1 saturated heterocycles. The number of aryl methyl sites for hydroxylation is 1. The van der Waals surface area contributed by atoms with Crippen molar-refractivity contribution >= 4 is 26.8 Å². The lowest BCUT2D eigenvalue weighted by atomic mass is 10.2. The second kappa shape index (κ2) is 7.81. The number of hydrogen-bond donors (Lipinski definition) is 0. The number of para-hydroxylation sites is 1. The third-order valence-corrected chi connectivity index (χ3v) is 7.33. The lowest BCUT2D eigenvalue weighted by molar-refractivity contribution is -0.133. The number of halogens is 2. The van der Waals surface area contributed by atoms with Crippen LogP contribution in [0.1, 0.15) is 5.69 Å². The number of hydrogen-bond acceptors (Lipinski definition) is 3. The van der Waals surface area contributed by atoms with E-state index in [2.05, 4.69) is 0 Å². The fourth-order valence-corrected chi connectivity index (χ4v) is 5.28. The van der Waals surface area contributed by atoms with Gasteiger partial charge in [0.2, 0.25) is 15.9 Å². The summed E-state index contributed by atoms with van der Waals surface area (Å²) >= 11 is 0. The van der Waals surface area contributed by atoms with E-state index in [1.165, 1.54) is 0 Å². The number of nitrogens with zero attached hydrogens (tertiary/aromatic N) is 3. The molecule has 6 nitrogen and oxygen atoms in total. The average Bonchev–Trinajstić information content (AvgIpc) is 3.05. The smallest absolute Gasteiger partial charge is 0.246 e. The normalized spacial score (nSPS) is 15.6. The molecule has 1 fully saturated rings. The van der Waals surface area contributed by atoms with Gasteiger partial charge in [0, 0.05) is 37.4 Å². The molecule has 0 bridgehead atoms. The van der Waals surface area contributed by atoms with Crippen LogP contribution in [0.5, 0.6) is 0 Å². The van der Waals surface area contributed by atoms with Gasteiger partial charge < -0.3 is 9.47 Å². The minimum Gasteiger partial charge on any atom is -0.339 e. The summed E-state index contributed by atoms with van der Waals surface area (Å²) in [6.45, 7) is 2.52. The van der Waals surface area contributed by atoms with Gasteiger partial charge in [0.05, 0.1) is 0 Å². The molecule has 0 spiro atoms. The second-order valence-electron chi connectivity index (χ2n) is 7.29. The Morgan fingerprint density at radius 2 is 1.70 bits per heavy atom. The predicted molar refractivity (Wildman–Crippen MR) is 108 cm³/mol. The van der Waals surface area contributed by atoms with Crippen LogP contribution in [0.3, 0.4) is 0 Å². The summed E-state index contributed by atoms with van der Waals surface area (Å²) in [6.07, 6.45) is 0. The molecule has 4 rings (SSSR count). The molecular weight excluding hydrogens is 412 g/mol. The Morgan fingerprint density at radius 3 is 2.43 bits per heavy atom. The SMILES string of the molecule is Cc1cc2ccccc2n1CC(=O)N1CCN(S(=O)(=O)c2cc(F)ccc2F)CC1. The molecule has 0 saturated carbocycles. The topological polar surface area (TPSA) is 62.6 Å². The number of amides is 1. The van der Waals surface area contributed by atoms with Gasteiger partial charge in [0.1, 0.15) is 23.1 Å². The quantitative estimate of drug-likeness (QED) is 0.636. The molecule has 2 heterocycles. The van der Waals surface area contributed by atoms with Gasteiger partial charge in [-0.25, -0.2) is 17.2 Å². The number of sulfonamides is 1. The molecule has 3 aromatic rings. The van der Waals surface area contributed by atoms with E-state index in [4.69, 9.17) is 0 Å². The summed E-state index contributed by atoms with van der Waals surface area (Å²) in [4.78, 5) is 13.7. The standard InChI is InChI=1S/C21H21F2N3O3S/c1-15-12-16-4-2-3-5-19(16)26(15)14-21(27)24-8-10-25(11-9-24)30(28,29)20-13-17(22)6-7-18(20)23/h2-7,12-13H,8-11,14H2,1H3. The number of piperazine rings is 1. The van der Waals surface area contributed by atoms with Crippen LogP contribution in [0.25, 0.3) is 10.9 Å². The van der Waals surface area contributed by atoms with Crippen LogP contribution in [-0.4, -0.2) is 54.3 Å². The van der Waals surface area contributed by atoms with E-state index in [0.717, 1.165) is 33.0 Å². The number of carbonyl (C=O) groups excluding carboxylic acids is 1. The van der Waals surface area contributed by atoms with Crippen molar-refractivity contribution in [2.45, 2.75) is 18.4 Å². The van der Waals surface area contributed by atoms with Crippen LogP contribution in [0.2, 0.25) is 0 Å². The number of carbonyl (C=O) groups is 1. The molecule has 0 aliphatic carbocycles. The van der Waals surface area contributed by atoms with E-state index < -0.39 is 26.6 Å². The first-order chi connectivity index (χ1) is 14.3. The monoisotopic (exact) mass is 433 g/mol. The molecule has 0 N–H and O–H groups in total. The van der Waals surface area contributed by atoms with Crippen molar-refractivity contribution in [3.63, 3.8) is 0 Å². The van der Waals surface area contributed by atoms with E-state index in [-0.39, 0.29) is 38.6 Å². The largest absolute Gasteiger partial charge is 0.339 e. The van der Waals surface area contributed by atoms with E-state index in [9.17, 15) is 22.0 Å². The third kappa shape index (κ3) is 3.70. The second-order valence-corrected chi connectivity index (χ2v) is 9.20. The van der Waals surface area contributed by atoms with Crippen molar-refractivity contribution in [3.05, 3.63) is 65.9 Å². The lowest BCUT2D eigenvalue weighted by Crippen LogP contribution is -2.51. The van der Waals surface area contributed by atoms with Crippen LogP contribution in [0.15, 0.2) is 53.4 Å². The Kier molecular flexibility index (Phi) is 5.33. The van der Waals surface area contributed by atoms with Gasteiger partial charge in [-0.2, -0.15) is 4.31 Å². The zero-order valence-corrected chi connectivity index (χ0v) is 17.2. The minimum absolute atomic E-state index is 0.0232. The number of aromatic nitrogens is 1. The molecule has 0 radical (unpaired) electrons. The van der Waals surface area contributed by atoms with Crippen LogP contribution >= 0.6 is 0 Å². The van der Waals surface area contributed by atoms with Gasteiger partial charge in [-0.05, 0) is 42.6 Å². The third-order valence-electron chi connectivity index (χ3n) is 5.41. The van der Waals surface area contributed by atoms with Gasteiger partial charge in [0.25, 0.3) is 0 Å². The van der Waals surface area contributed by atoms with Crippen LogP contribution in [0.4, 0.5) is 8.78 Å². The summed E-state index contributed by atoms with van der Waals surface area (Å²) in [5.41, 5.74) is 1.93. The Balaban J connectivity index is 1.46. The molecule has 30 heavy (non-hydrogen) atoms. The zero-order chi connectivity index (χ0) is 21.5. The summed E-state index contributed by atoms with van der Waals surface area (Å²) < 4.78 is 55.8. The van der Waals surface area contributed by atoms with Gasteiger partial charge in [0.15, 0.2) is 0 Å². The number of fused-ring (bicyclic) bond motifs is 1. The Morgan fingerprint density at radius 1 is 1.00 bits per heavy atom. The zero-order valence-electron chi connectivity index (χ0n) is 16.4. The molecule has 1 aliphatic rings. The van der Waals surface area contributed by atoms with E-state index in [1.54, 1.807) is 4.90 Å². The first-order valence-corrected chi connectivity index (χ1v) is 11.0.